The molecule has 1 heterocycles. The predicted octanol–water partition coefficient (Wildman–Crippen LogP) is 4.20. The van der Waals surface area contributed by atoms with Crippen LogP contribution in [-0.2, 0) is 9.59 Å². The molecule has 1 aliphatic rings. The van der Waals surface area contributed by atoms with Crippen molar-refractivity contribution in [1.82, 2.24) is 0 Å². The summed E-state index contributed by atoms with van der Waals surface area (Å²) in [5, 5.41) is 3.58. The highest BCUT2D eigenvalue weighted by molar-refractivity contribution is 8.00. The second-order valence-corrected chi connectivity index (χ2v) is 6.94. The van der Waals surface area contributed by atoms with E-state index >= 15 is 0 Å². The lowest BCUT2D eigenvalue weighted by Gasteiger charge is -2.19. The van der Waals surface area contributed by atoms with Crippen LogP contribution < -0.4 is 10.2 Å². The van der Waals surface area contributed by atoms with E-state index in [9.17, 15) is 9.59 Å². The molecule has 0 aliphatic carbocycles. The maximum Gasteiger partial charge on any atom is 0.234 e. The Labute approximate surface area is 150 Å². The Balaban J connectivity index is 1.64. The van der Waals surface area contributed by atoms with E-state index in [4.69, 9.17) is 11.6 Å². The first kappa shape index (κ1) is 16.9. The first-order chi connectivity index (χ1) is 11.6. The highest BCUT2D eigenvalue weighted by Crippen LogP contribution is 2.29. The third-order valence-corrected chi connectivity index (χ3v) is 4.99. The molecule has 0 aromatic heterocycles. The summed E-state index contributed by atoms with van der Waals surface area (Å²) in [6.07, 6.45) is 1.42. The molecule has 0 saturated carbocycles. The number of carbonyl (C=O) groups excluding carboxylic acids is 2. The van der Waals surface area contributed by atoms with Crippen molar-refractivity contribution >= 4 is 46.6 Å². The number of hydrogen-bond acceptors (Lipinski definition) is 3. The number of hydrogen-bond donors (Lipinski definition) is 1. The Kier molecular flexibility index (Phi) is 5.43. The van der Waals surface area contributed by atoms with Gasteiger partial charge in [-0.2, -0.15) is 0 Å². The number of rotatable bonds is 5. The van der Waals surface area contributed by atoms with Crippen LogP contribution in [0.5, 0.6) is 0 Å². The van der Waals surface area contributed by atoms with Crippen molar-refractivity contribution < 1.29 is 9.59 Å². The summed E-state index contributed by atoms with van der Waals surface area (Å²) in [6, 6.07) is 14.8. The maximum atomic E-state index is 12.2. The zero-order chi connectivity index (χ0) is 16.9. The molecule has 1 saturated heterocycles. The van der Waals surface area contributed by atoms with Crippen LogP contribution in [0, 0.1) is 0 Å². The van der Waals surface area contributed by atoms with Crippen molar-refractivity contribution in [1.29, 1.82) is 0 Å². The lowest BCUT2D eigenvalue weighted by molar-refractivity contribution is -0.117. The standard InChI is InChI=1S/C18H17ClN2O2S/c19-13-7-9-14(10-8-13)24-12-17(22)20-15-4-1-2-5-16(15)21-11-3-6-18(21)23/h1-2,4-5,7-10H,3,6,11-12H2,(H,20,22). The number of halogens is 1. The van der Waals surface area contributed by atoms with Gasteiger partial charge in [-0.15, -0.1) is 11.8 Å². The molecule has 124 valence electrons. The molecule has 1 aliphatic heterocycles. The van der Waals surface area contributed by atoms with Crippen LogP contribution in [-0.4, -0.2) is 24.1 Å². The van der Waals surface area contributed by atoms with E-state index in [0.29, 0.717) is 29.4 Å². The normalized spacial score (nSPS) is 14.0. The fourth-order valence-corrected chi connectivity index (χ4v) is 3.41. The highest BCUT2D eigenvalue weighted by Gasteiger charge is 2.24. The average molecular weight is 361 g/mol. The minimum Gasteiger partial charge on any atom is -0.324 e. The summed E-state index contributed by atoms with van der Waals surface area (Å²) in [4.78, 5) is 26.9. The molecule has 3 rings (SSSR count). The number of para-hydroxylation sites is 2. The van der Waals surface area contributed by atoms with E-state index in [1.54, 1.807) is 17.0 Å². The second kappa shape index (κ2) is 7.73. The van der Waals surface area contributed by atoms with Crippen molar-refractivity contribution in [3.8, 4) is 0 Å². The minimum atomic E-state index is -0.103. The fraction of sp³-hybridized carbons (Fsp3) is 0.222. The Morgan fingerprint density at radius 1 is 1.17 bits per heavy atom. The molecule has 1 N–H and O–H groups in total. The minimum absolute atomic E-state index is 0.103. The second-order valence-electron chi connectivity index (χ2n) is 5.46. The van der Waals surface area contributed by atoms with Crippen molar-refractivity contribution in [3.05, 3.63) is 53.6 Å². The van der Waals surface area contributed by atoms with Gasteiger partial charge in [0, 0.05) is 22.9 Å². The van der Waals surface area contributed by atoms with E-state index in [-0.39, 0.29) is 11.8 Å². The van der Waals surface area contributed by atoms with Gasteiger partial charge in [0.25, 0.3) is 0 Å². The summed E-state index contributed by atoms with van der Waals surface area (Å²) >= 11 is 7.30. The van der Waals surface area contributed by atoms with Crippen LogP contribution in [0.25, 0.3) is 0 Å². The Morgan fingerprint density at radius 3 is 2.62 bits per heavy atom. The number of benzene rings is 2. The Bertz CT molecular complexity index is 749. The van der Waals surface area contributed by atoms with Gasteiger partial charge in [-0.25, -0.2) is 0 Å². The lowest BCUT2D eigenvalue weighted by atomic mass is 10.2. The van der Waals surface area contributed by atoms with Crippen LogP contribution >= 0.6 is 23.4 Å². The van der Waals surface area contributed by atoms with E-state index in [2.05, 4.69) is 5.32 Å². The van der Waals surface area contributed by atoms with E-state index in [1.165, 1.54) is 11.8 Å². The molecule has 0 radical (unpaired) electrons. The molecule has 0 bridgehead atoms. The molecule has 0 atom stereocenters. The van der Waals surface area contributed by atoms with Crippen molar-refractivity contribution in [2.75, 3.05) is 22.5 Å². The lowest BCUT2D eigenvalue weighted by Crippen LogP contribution is -2.25. The summed E-state index contributed by atoms with van der Waals surface area (Å²) in [5.41, 5.74) is 1.44. The summed E-state index contributed by atoms with van der Waals surface area (Å²) in [5.74, 6) is 0.297. The topological polar surface area (TPSA) is 49.4 Å². The molecule has 24 heavy (non-hydrogen) atoms. The number of carbonyl (C=O) groups is 2. The quantitative estimate of drug-likeness (QED) is 0.813. The monoisotopic (exact) mass is 360 g/mol. The van der Waals surface area contributed by atoms with Crippen LogP contribution in [0.1, 0.15) is 12.8 Å². The first-order valence-corrected chi connectivity index (χ1v) is 9.07. The summed E-state index contributed by atoms with van der Waals surface area (Å²) < 4.78 is 0. The zero-order valence-electron chi connectivity index (χ0n) is 13.0. The van der Waals surface area contributed by atoms with Gasteiger partial charge in [0.2, 0.25) is 11.8 Å². The number of nitrogens with zero attached hydrogens (tertiary/aromatic N) is 1. The van der Waals surface area contributed by atoms with E-state index in [1.807, 2.05) is 36.4 Å². The smallest absolute Gasteiger partial charge is 0.234 e. The predicted molar refractivity (Wildman–Crippen MR) is 98.8 cm³/mol. The van der Waals surface area contributed by atoms with Gasteiger partial charge in [-0.3, -0.25) is 9.59 Å². The number of anilines is 2. The van der Waals surface area contributed by atoms with Gasteiger partial charge >= 0.3 is 0 Å². The Hall–Kier alpha value is -1.98. The van der Waals surface area contributed by atoms with Crippen molar-refractivity contribution in [3.63, 3.8) is 0 Å². The van der Waals surface area contributed by atoms with Crippen LogP contribution in [0.15, 0.2) is 53.4 Å². The number of nitrogens with one attached hydrogen (secondary N) is 1. The van der Waals surface area contributed by atoms with Crippen molar-refractivity contribution in [2.45, 2.75) is 17.7 Å². The summed E-state index contributed by atoms with van der Waals surface area (Å²) in [7, 11) is 0. The molecule has 1 fully saturated rings. The van der Waals surface area contributed by atoms with Gasteiger partial charge in [0.15, 0.2) is 0 Å². The number of amides is 2. The number of thioether (sulfide) groups is 1. The molecule has 0 unspecified atom stereocenters. The molecule has 4 nitrogen and oxygen atoms in total. The van der Waals surface area contributed by atoms with Gasteiger partial charge < -0.3 is 10.2 Å². The van der Waals surface area contributed by atoms with Gasteiger partial charge in [0.1, 0.15) is 0 Å². The highest BCUT2D eigenvalue weighted by atomic mass is 35.5. The molecular formula is C18H17ClN2O2S. The van der Waals surface area contributed by atoms with Crippen LogP contribution in [0.2, 0.25) is 5.02 Å². The Morgan fingerprint density at radius 2 is 1.92 bits per heavy atom. The summed E-state index contributed by atoms with van der Waals surface area (Å²) in [6.45, 7) is 0.700. The molecule has 2 aromatic rings. The molecule has 6 heteroatoms. The van der Waals surface area contributed by atoms with Crippen molar-refractivity contribution in [2.24, 2.45) is 0 Å². The van der Waals surface area contributed by atoms with E-state index in [0.717, 1.165) is 17.0 Å². The zero-order valence-corrected chi connectivity index (χ0v) is 14.6. The van der Waals surface area contributed by atoms with Gasteiger partial charge in [0.05, 0.1) is 17.1 Å². The van der Waals surface area contributed by atoms with E-state index < -0.39 is 0 Å². The SMILES string of the molecule is O=C(CSc1ccc(Cl)cc1)Nc1ccccc1N1CCCC1=O. The largest absolute Gasteiger partial charge is 0.324 e. The van der Waals surface area contributed by atoms with Crippen LogP contribution in [0.4, 0.5) is 11.4 Å². The third kappa shape index (κ3) is 4.10. The van der Waals surface area contributed by atoms with Gasteiger partial charge in [-0.1, -0.05) is 23.7 Å². The first-order valence-electron chi connectivity index (χ1n) is 7.71. The molecule has 0 spiro atoms. The molecule has 2 aromatic carbocycles. The maximum absolute atomic E-state index is 12.2. The molecule has 2 amide bonds. The van der Waals surface area contributed by atoms with Crippen LogP contribution in [0.3, 0.4) is 0 Å². The fourth-order valence-electron chi connectivity index (χ4n) is 2.58. The third-order valence-electron chi connectivity index (χ3n) is 3.73. The average Bonchev–Trinajstić information content (AvgIpc) is 3.01. The van der Waals surface area contributed by atoms with Gasteiger partial charge in [-0.05, 0) is 42.8 Å². The molecular weight excluding hydrogens is 344 g/mol.